The van der Waals surface area contributed by atoms with Gasteiger partial charge < -0.3 is 15.1 Å². The highest BCUT2D eigenvalue weighted by molar-refractivity contribution is 7.20. The Kier molecular flexibility index (Phi) is 6.75. The first kappa shape index (κ1) is 21.5. The Hall–Kier alpha value is -2.18. The van der Waals surface area contributed by atoms with Crippen molar-refractivity contribution in [2.45, 2.75) is 59.1 Å². The van der Waals surface area contributed by atoms with Crippen LogP contribution >= 0.6 is 11.3 Å². The Morgan fingerprint density at radius 2 is 1.86 bits per heavy atom. The number of anilines is 1. The quantitative estimate of drug-likeness (QED) is 0.682. The topological polar surface area (TPSA) is 77.8 Å². The minimum absolute atomic E-state index is 0.0342. The second kappa shape index (κ2) is 9.09. The van der Waals surface area contributed by atoms with E-state index in [0.29, 0.717) is 10.9 Å². The lowest BCUT2D eigenvalue weighted by atomic mass is 9.82. The molecular weight excluding hydrogens is 386 g/mol. The lowest BCUT2D eigenvalue weighted by Crippen LogP contribution is -2.42. The molecule has 1 aromatic heterocycles. The van der Waals surface area contributed by atoms with E-state index in [4.69, 9.17) is 0 Å². The smallest absolute Gasteiger partial charge is 0.338 e. The molecule has 0 saturated heterocycles. The number of rotatable bonds is 6. The molecule has 3 rings (SSSR count). The number of hydrogen-bond donors (Lipinski definition) is 2. The van der Waals surface area contributed by atoms with E-state index < -0.39 is 5.97 Å². The number of aliphatic hydroxyl groups is 1. The molecule has 156 valence electrons. The van der Waals surface area contributed by atoms with Crippen LogP contribution in [0.5, 0.6) is 0 Å². The third-order valence-electron chi connectivity index (χ3n) is 5.67. The van der Waals surface area contributed by atoms with E-state index in [0.717, 1.165) is 41.7 Å². The number of amides is 1. The summed E-state index contributed by atoms with van der Waals surface area (Å²) in [5, 5.41) is 19.7. The molecule has 0 bridgehead atoms. The monoisotopic (exact) mass is 415 g/mol. The van der Waals surface area contributed by atoms with E-state index in [9.17, 15) is 19.8 Å². The third kappa shape index (κ3) is 4.70. The number of benzene rings is 1. The second-order valence-electron chi connectivity index (χ2n) is 8.25. The molecule has 0 atom stereocenters. The van der Waals surface area contributed by atoms with Gasteiger partial charge in [-0.2, -0.15) is 0 Å². The predicted octanol–water partition coefficient (Wildman–Crippen LogP) is 5.17. The summed E-state index contributed by atoms with van der Waals surface area (Å²) >= 11 is 1.33. The number of carbonyl (C=O) groups is 2. The molecule has 0 aliphatic heterocycles. The van der Waals surface area contributed by atoms with Gasteiger partial charge in [-0.05, 0) is 68.7 Å². The Morgan fingerprint density at radius 3 is 2.45 bits per heavy atom. The van der Waals surface area contributed by atoms with Crippen molar-refractivity contribution in [2.24, 2.45) is 11.8 Å². The van der Waals surface area contributed by atoms with Gasteiger partial charge in [0.2, 0.25) is 5.91 Å². The van der Waals surface area contributed by atoms with Crippen LogP contribution in [-0.4, -0.2) is 28.1 Å². The van der Waals surface area contributed by atoms with Gasteiger partial charge in [-0.25, -0.2) is 4.79 Å². The Balaban J connectivity index is 2.00. The van der Waals surface area contributed by atoms with Crippen molar-refractivity contribution in [3.63, 3.8) is 0 Å². The third-order valence-corrected chi connectivity index (χ3v) is 6.86. The van der Waals surface area contributed by atoms with Gasteiger partial charge in [-0.15, -0.1) is 11.3 Å². The maximum Gasteiger partial charge on any atom is 0.338 e. The zero-order chi connectivity index (χ0) is 21.1. The summed E-state index contributed by atoms with van der Waals surface area (Å²) < 4.78 is 0. The highest BCUT2D eigenvalue weighted by Gasteiger charge is 2.33. The van der Waals surface area contributed by atoms with Crippen molar-refractivity contribution in [1.82, 2.24) is 0 Å². The van der Waals surface area contributed by atoms with E-state index in [1.165, 1.54) is 11.3 Å². The molecule has 0 spiro atoms. The Bertz CT molecular complexity index is 881. The maximum absolute atomic E-state index is 13.4. The van der Waals surface area contributed by atoms with Crippen LogP contribution in [-0.2, 0) is 11.4 Å². The average Bonchev–Trinajstić information content (AvgIpc) is 3.13. The van der Waals surface area contributed by atoms with Crippen LogP contribution in [0.15, 0.2) is 30.3 Å². The number of hydrogen-bond acceptors (Lipinski definition) is 4. The minimum Gasteiger partial charge on any atom is -0.478 e. The largest absolute Gasteiger partial charge is 0.478 e. The second-order valence-corrected chi connectivity index (χ2v) is 9.28. The van der Waals surface area contributed by atoms with Crippen molar-refractivity contribution in [1.29, 1.82) is 0 Å². The van der Waals surface area contributed by atoms with E-state index >= 15 is 0 Å². The Labute approximate surface area is 176 Å². The van der Waals surface area contributed by atoms with Crippen LogP contribution in [0, 0.1) is 11.8 Å². The molecule has 6 heteroatoms. The average molecular weight is 416 g/mol. The van der Waals surface area contributed by atoms with Crippen LogP contribution in [0.4, 0.5) is 5.00 Å². The lowest BCUT2D eigenvalue weighted by molar-refractivity contribution is -0.123. The molecule has 0 unspecified atom stereocenters. The summed E-state index contributed by atoms with van der Waals surface area (Å²) in [5.41, 5.74) is 1.77. The fourth-order valence-electron chi connectivity index (χ4n) is 3.97. The van der Waals surface area contributed by atoms with Gasteiger partial charge in [0.1, 0.15) is 5.00 Å². The fraction of sp³-hybridized carbons (Fsp3) is 0.478. The predicted molar refractivity (Wildman–Crippen MR) is 116 cm³/mol. The summed E-state index contributed by atoms with van der Waals surface area (Å²) in [7, 11) is 0. The van der Waals surface area contributed by atoms with Gasteiger partial charge in [0, 0.05) is 16.8 Å². The molecule has 2 aromatic rings. The molecule has 1 fully saturated rings. The molecule has 5 nitrogen and oxygen atoms in total. The van der Waals surface area contributed by atoms with Gasteiger partial charge in [-0.1, -0.05) is 25.1 Å². The number of thiophene rings is 1. The molecule has 29 heavy (non-hydrogen) atoms. The summed E-state index contributed by atoms with van der Waals surface area (Å²) in [5.74, 6) is -0.393. The molecule has 2 N–H and O–H groups in total. The maximum atomic E-state index is 13.4. The van der Waals surface area contributed by atoms with Gasteiger partial charge >= 0.3 is 5.97 Å². The highest BCUT2D eigenvalue weighted by Crippen LogP contribution is 2.41. The summed E-state index contributed by atoms with van der Waals surface area (Å²) in [6.45, 7) is 6.01. The van der Waals surface area contributed by atoms with Gasteiger partial charge in [-0.3, -0.25) is 4.79 Å². The van der Waals surface area contributed by atoms with Crippen LogP contribution < -0.4 is 4.90 Å². The molecule has 1 amide bonds. The lowest BCUT2D eigenvalue weighted by Gasteiger charge is -2.33. The van der Waals surface area contributed by atoms with E-state index in [1.807, 2.05) is 38.1 Å². The molecule has 1 aliphatic carbocycles. The van der Waals surface area contributed by atoms with Crippen LogP contribution in [0.3, 0.4) is 0 Å². The first-order chi connectivity index (χ1) is 13.8. The van der Waals surface area contributed by atoms with E-state index in [-0.39, 0.29) is 30.0 Å². The summed E-state index contributed by atoms with van der Waals surface area (Å²) in [6.07, 6.45) is 3.81. The van der Waals surface area contributed by atoms with Crippen LogP contribution in [0.2, 0.25) is 0 Å². The first-order valence-electron chi connectivity index (χ1n) is 10.2. The molecule has 1 aromatic carbocycles. The van der Waals surface area contributed by atoms with Crippen LogP contribution in [0.25, 0.3) is 10.4 Å². The van der Waals surface area contributed by atoms with E-state index in [1.54, 1.807) is 11.0 Å². The van der Waals surface area contributed by atoms with E-state index in [2.05, 4.69) is 6.92 Å². The zero-order valence-electron chi connectivity index (χ0n) is 17.2. The van der Waals surface area contributed by atoms with Crippen molar-refractivity contribution in [2.75, 3.05) is 4.90 Å². The van der Waals surface area contributed by atoms with Crippen molar-refractivity contribution >= 4 is 28.2 Å². The molecule has 1 aliphatic rings. The molecule has 1 saturated carbocycles. The number of nitrogens with zero attached hydrogens (tertiary/aromatic N) is 1. The van der Waals surface area contributed by atoms with Crippen LogP contribution in [0.1, 0.15) is 62.4 Å². The number of carboxylic acid groups (broad SMARTS) is 1. The van der Waals surface area contributed by atoms with Crippen molar-refractivity contribution < 1.29 is 19.8 Å². The van der Waals surface area contributed by atoms with Gasteiger partial charge in [0.15, 0.2) is 0 Å². The number of carbonyl (C=O) groups excluding carboxylic acids is 1. The van der Waals surface area contributed by atoms with Gasteiger partial charge in [0.05, 0.1) is 12.2 Å². The highest BCUT2D eigenvalue weighted by atomic mass is 32.1. The zero-order valence-corrected chi connectivity index (χ0v) is 18.0. The molecular formula is C23H29NO4S. The minimum atomic E-state index is -1.03. The standard InChI is InChI=1S/C23H29NO4S/c1-14(2)24(21(26)17-9-7-15(3)8-10-17)22-19(23(27)28)12-20(29-22)18-6-4-5-16(11-18)13-25/h4-6,11-12,14-15,17,25H,7-10,13H2,1-3H3,(H,27,28). The summed E-state index contributed by atoms with van der Waals surface area (Å²) in [6, 6.07) is 8.93. The number of aliphatic hydroxyl groups excluding tert-OH is 1. The van der Waals surface area contributed by atoms with Crippen molar-refractivity contribution in [3.05, 3.63) is 41.5 Å². The first-order valence-corrected chi connectivity index (χ1v) is 11.0. The number of aromatic carboxylic acids is 1. The fourth-order valence-corrected chi connectivity index (χ4v) is 5.26. The van der Waals surface area contributed by atoms with Crippen molar-refractivity contribution in [3.8, 4) is 10.4 Å². The Morgan fingerprint density at radius 1 is 1.17 bits per heavy atom. The molecule has 1 heterocycles. The van der Waals surface area contributed by atoms with Gasteiger partial charge in [0.25, 0.3) is 0 Å². The molecule has 0 radical (unpaired) electrons. The number of carboxylic acids is 1. The SMILES string of the molecule is CC1CCC(C(=O)N(c2sc(-c3cccc(CO)c3)cc2C(=O)O)C(C)C)CC1. The normalized spacial score (nSPS) is 19.3. The summed E-state index contributed by atoms with van der Waals surface area (Å²) in [4.78, 5) is 27.8.